The summed E-state index contributed by atoms with van der Waals surface area (Å²) in [4.78, 5) is 9.59. The summed E-state index contributed by atoms with van der Waals surface area (Å²) in [6, 6.07) is -1.13. The van der Waals surface area contributed by atoms with Crippen LogP contribution in [0.25, 0.3) is 0 Å². The summed E-state index contributed by atoms with van der Waals surface area (Å²) in [5.41, 5.74) is 0. The Morgan fingerprint density at radius 2 is 1.71 bits per heavy atom. The molecule has 0 fully saturated rings. The van der Waals surface area contributed by atoms with Gasteiger partial charge in [0.2, 0.25) is 10.0 Å². The molecule has 0 saturated heterocycles. The zero-order valence-electron chi connectivity index (χ0n) is 11.2. The molecule has 0 spiro atoms. The molecule has 2 N–H and O–H groups in total. The van der Waals surface area contributed by atoms with Crippen LogP contribution in [0.1, 0.15) is 20.3 Å². The Kier molecular flexibility index (Phi) is 5.35. The number of hydrogen-bond donors (Lipinski definition) is 2. The van der Waals surface area contributed by atoms with E-state index in [1.165, 1.54) is 0 Å². The van der Waals surface area contributed by atoms with E-state index in [1.807, 2.05) is 0 Å². The Labute approximate surface area is 119 Å². The van der Waals surface area contributed by atoms with Crippen molar-refractivity contribution in [2.24, 2.45) is 5.92 Å². The number of carboxylic acids is 1. The molecule has 0 aliphatic carbocycles. The molecule has 0 aliphatic rings. The van der Waals surface area contributed by atoms with Crippen LogP contribution in [-0.2, 0) is 14.8 Å². The fourth-order valence-corrected chi connectivity index (χ4v) is 3.02. The fraction of sp³-hybridized carbons (Fsp3) is 0.417. The number of halogens is 3. The molecule has 0 radical (unpaired) electrons. The van der Waals surface area contributed by atoms with Gasteiger partial charge in [-0.15, -0.1) is 0 Å². The molecule has 1 unspecified atom stereocenters. The first kappa shape index (κ1) is 17.4. The summed E-state index contributed by atoms with van der Waals surface area (Å²) >= 11 is 0. The van der Waals surface area contributed by atoms with Crippen LogP contribution < -0.4 is 4.72 Å². The van der Waals surface area contributed by atoms with Crippen molar-refractivity contribution in [3.05, 3.63) is 29.6 Å². The SMILES string of the molecule is CC(C)CC(NS(=O)(=O)c1c(F)cc(F)cc1F)C(=O)O. The normalized spacial score (nSPS) is 13.4. The third kappa shape index (κ3) is 4.43. The van der Waals surface area contributed by atoms with E-state index in [-0.39, 0.29) is 24.5 Å². The maximum atomic E-state index is 13.5. The largest absolute Gasteiger partial charge is 0.480 e. The minimum absolute atomic E-state index is 0.0704. The van der Waals surface area contributed by atoms with Crippen molar-refractivity contribution in [3.8, 4) is 0 Å². The minimum atomic E-state index is -4.78. The number of nitrogens with one attached hydrogen (secondary N) is 1. The van der Waals surface area contributed by atoms with Crippen LogP contribution in [0.5, 0.6) is 0 Å². The summed E-state index contributed by atoms with van der Waals surface area (Å²) in [5, 5.41) is 8.94. The number of hydrogen-bond acceptors (Lipinski definition) is 3. The van der Waals surface area contributed by atoms with Gasteiger partial charge in [-0.25, -0.2) is 21.6 Å². The molecular weight excluding hydrogens is 311 g/mol. The van der Waals surface area contributed by atoms with Gasteiger partial charge in [0, 0.05) is 12.1 Å². The van der Waals surface area contributed by atoms with Crippen LogP contribution in [0.2, 0.25) is 0 Å². The highest BCUT2D eigenvalue weighted by Crippen LogP contribution is 2.21. The maximum absolute atomic E-state index is 13.5. The Hall–Kier alpha value is -1.61. The number of sulfonamides is 1. The van der Waals surface area contributed by atoms with Gasteiger partial charge in [-0.2, -0.15) is 4.72 Å². The van der Waals surface area contributed by atoms with Crippen molar-refractivity contribution in [3.63, 3.8) is 0 Å². The topological polar surface area (TPSA) is 83.5 Å². The van der Waals surface area contributed by atoms with Gasteiger partial charge in [-0.3, -0.25) is 4.79 Å². The van der Waals surface area contributed by atoms with Crippen molar-refractivity contribution in [2.45, 2.75) is 31.2 Å². The Morgan fingerprint density at radius 3 is 2.10 bits per heavy atom. The zero-order valence-corrected chi connectivity index (χ0v) is 12.0. The van der Waals surface area contributed by atoms with E-state index in [1.54, 1.807) is 18.6 Å². The van der Waals surface area contributed by atoms with E-state index in [9.17, 15) is 26.4 Å². The highest BCUT2D eigenvalue weighted by atomic mass is 32.2. The molecule has 118 valence electrons. The Balaban J connectivity index is 3.20. The van der Waals surface area contributed by atoms with Crippen molar-refractivity contribution in [1.29, 1.82) is 0 Å². The molecule has 21 heavy (non-hydrogen) atoms. The summed E-state index contributed by atoms with van der Waals surface area (Å²) in [5.74, 6) is -6.18. The first-order valence-electron chi connectivity index (χ1n) is 5.94. The van der Waals surface area contributed by atoms with E-state index in [0.29, 0.717) is 0 Å². The quantitative estimate of drug-likeness (QED) is 0.836. The van der Waals surface area contributed by atoms with E-state index in [4.69, 9.17) is 5.11 Å². The highest BCUT2D eigenvalue weighted by molar-refractivity contribution is 7.89. The van der Waals surface area contributed by atoms with Crippen LogP contribution >= 0.6 is 0 Å². The van der Waals surface area contributed by atoms with Gasteiger partial charge in [-0.1, -0.05) is 13.8 Å². The standard InChI is InChI=1S/C12H14F3NO4S/c1-6(2)3-10(12(17)18)16-21(19,20)11-8(14)4-7(13)5-9(11)15/h4-6,10,16H,3H2,1-2H3,(H,17,18). The molecule has 0 aromatic heterocycles. The number of carboxylic acid groups (broad SMARTS) is 1. The van der Waals surface area contributed by atoms with Gasteiger partial charge in [0.25, 0.3) is 0 Å². The summed E-state index contributed by atoms with van der Waals surface area (Å²) in [6.07, 6.45) is -0.0704. The third-order valence-corrected chi connectivity index (χ3v) is 4.06. The monoisotopic (exact) mass is 325 g/mol. The molecule has 0 aliphatic heterocycles. The van der Waals surface area contributed by atoms with E-state index in [2.05, 4.69) is 0 Å². The average molecular weight is 325 g/mol. The van der Waals surface area contributed by atoms with Crippen LogP contribution in [0, 0.1) is 23.4 Å². The number of aliphatic carboxylic acids is 1. The van der Waals surface area contributed by atoms with Gasteiger partial charge in [0.05, 0.1) is 0 Å². The lowest BCUT2D eigenvalue weighted by Crippen LogP contribution is -2.42. The Bertz CT molecular complexity index is 623. The summed E-state index contributed by atoms with van der Waals surface area (Å²) < 4.78 is 65.2. The van der Waals surface area contributed by atoms with Gasteiger partial charge >= 0.3 is 5.97 Å². The maximum Gasteiger partial charge on any atom is 0.321 e. The van der Waals surface area contributed by atoms with Gasteiger partial charge < -0.3 is 5.11 Å². The number of rotatable bonds is 6. The second-order valence-electron chi connectivity index (χ2n) is 4.84. The molecule has 5 nitrogen and oxygen atoms in total. The molecule has 9 heteroatoms. The first-order chi connectivity index (χ1) is 9.54. The lowest BCUT2D eigenvalue weighted by Gasteiger charge is -2.17. The van der Waals surface area contributed by atoms with Crippen molar-refractivity contribution in [2.75, 3.05) is 0 Å². The van der Waals surface area contributed by atoms with Gasteiger partial charge in [0.15, 0.2) is 4.90 Å². The Morgan fingerprint density at radius 1 is 1.24 bits per heavy atom. The molecular formula is C12H14F3NO4S. The fourth-order valence-electron chi connectivity index (χ4n) is 1.70. The zero-order chi connectivity index (χ0) is 16.4. The van der Waals surface area contributed by atoms with Crippen molar-refractivity contribution < 1.29 is 31.5 Å². The van der Waals surface area contributed by atoms with Crippen molar-refractivity contribution >= 4 is 16.0 Å². The highest BCUT2D eigenvalue weighted by Gasteiger charge is 2.31. The molecule has 1 aromatic rings. The smallest absolute Gasteiger partial charge is 0.321 e. The van der Waals surface area contributed by atoms with Crippen LogP contribution in [-0.4, -0.2) is 25.5 Å². The molecule has 1 aromatic carbocycles. The van der Waals surface area contributed by atoms with Crippen LogP contribution in [0.4, 0.5) is 13.2 Å². The molecule has 0 saturated carbocycles. The van der Waals surface area contributed by atoms with E-state index < -0.39 is 44.4 Å². The minimum Gasteiger partial charge on any atom is -0.480 e. The van der Waals surface area contributed by atoms with Crippen molar-refractivity contribution in [1.82, 2.24) is 4.72 Å². The molecule has 0 amide bonds. The molecule has 0 bridgehead atoms. The number of carbonyl (C=O) groups is 1. The number of benzene rings is 1. The van der Waals surface area contributed by atoms with Crippen LogP contribution in [0.3, 0.4) is 0 Å². The lowest BCUT2D eigenvalue weighted by atomic mass is 10.1. The first-order valence-corrected chi connectivity index (χ1v) is 7.42. The lowest BCUT2D eigenvalue weighted by molar-refractivity contribution is -0.139. The second-order valence-corrected chi connectivity index (χ2v) is 6.49. The average Bonchev–Trinajstić information content (AvgIpc) is 2.24. The molecule has 1 rings (SSSR count). The van der Waals surface area contributed by atoms with E-state index in [0.717, 1.165) is 0 Å². The summed E-state index contributed by atoms with van der Waals surface area (Å²) in [6.45, 7) is 3.31. The third-order valence-electron chi connectivity index (χ3n) is 2.53. The summed E-state index contributed by atoms with van der Waals surface area (Å²) in [7, 11) is -4.78. The van der Waals surface area contributed by atoms with Gasteiger partial charge in [0.1, 0.15) is 23.5 Å². The molecule has 1 atom stereocenters. The molecule has 0 heterocycles. The van der Waals surface area contributed by atoms with Crippen LogP contribution in [0.15, 0.2) is 17.0 Å². The predicted molar refractivity (Wildman–Crippen MR) is 67.5 cm³/mol. The second kappa shape index (κ2) is 6.44. The van der Waals surface area contributed by atoms with Gasteiger partial charge in [-0.05, 0) is 12.3 Å². The van der Waals surface area contributed by atoms with E-state index >= 15 is 0 Å². The predicted octanol–water partition coefficient (Wildman–Crippen LogP) is 1.88.